The second kappa shape index (κ2) is 4.47. The van der Waals surface area contributed by atoms with Crippen molar-refractivity contribution in [1.82, 2.24) is 15.3 Å². The Bertz CT molecular complexity index is 525. The minimum Gasteiger partial charge on any atom is -0.311 e. The number of hydrogen-bond acceptors (Lipinski definition) is 3. The lowest BCUT2D eigenvalue weighted by Gasteiger charge is -2.11. The number of para-hydroxylation sites is 1. The quantitative estimate of drug-likeness (QED) is 0.919. The van der Waals surface area contributed by atoms with E-state index in [-0.39, 0.29) is 6.04 Å². The molecule has 16 heavy (non-hydrogen) atoms. The standard InChI is InChI=1S/C12H14BrN3/c1-7-9-5-4-6-10(13)11(9)16-12(15-7)8(2)14-3/h4-6,8,14H,1-3H3. The lowest BCUT2D eigenvalue weighted by molar-refractivity contribution is 0.611. The Hall–Kier alpha value is -1.00. The molecule has 0 saturated carbocycles. The Morgan fingerprint density at radius 3 is 2.75 bits per heavy atom. The van der Waals surface area contributed by atoms with E-state index >= 15 is 0 Å². The first kappa shape index (κ1) is 11.5. The first-order chi connectivity index (χ1) is 7.63. The summed E-state index contributed by atoms with van der Waals surface area (Å²) in [6.07, 6.45) is 0. The SMILES string of the molecule is CNC(C)c1nc(C)c2cccc(Br)c2n1. The number of halogens is 1. The van der Waals surface area contributed by atoms with Crippen molar-refractivity contribution in [3.05, 3.63) is 34.2 Å². The van der Waals surface area contributed by atoms with Gasteiger partial charge in [0.15, 0.2) is 0 Å². The van der Waals surface area contributed by atoms with Crippen LogP contribution in [0.3, 0.4) is 0 Å². The normalized spacial score (nSPS) is 13.0. The van der Waals surface area contributed by atoms with Crippen molar-refractivity contribution < 1.29 is 0 Å². The Balaban J connectivity index is 2.70. The van der Waals surface area contributed by atoms with Gasteiger partial charge in [0, 0.05) is 15.6 Å². The van der Waals surface area contributed by atoms with Crippen molar-refractivity contribution in [3.63, 3.8) is 0 Å². The molecule has 1 aromatic carbocycles. The van der Waals surface area contributed by atoms with E-state index in [9.17, 15) is 0 Å². The molecule has 1 aromatic heterocycles. The summed E-state index contributed by atoms with van der Waals surface area (Å²) in [5.74, 6) is 0.833. The van der Waals surface area contributed by atoms with Crippen LogP contribution in [0.15, 0.2) is 22.7 Å². The van der Waals surface area contributed by atoms with Crippen LogP contribution in [0.25, 0.3) is 10.9 Å². The van der Waals surface area contributed by atoms with Gasteiger partial charge in [-0.3, -0.25) is 0 Å². The highest BCUT2D eigenvalue weighted by Gasteiger charge is 2.10. The third-order valence-electron chi connectivity index (χ3n) is 2.71. The molecule has 2 aromatic rings. The summed E-state index contributed by atoms with van der Waals surface area (Å²) in [6, 6.07) is 6.21. The molecule has 0 fully saturated rings. The monoisotopic (exact) mass is 279 g/mol. The predicted octanol–water partition coefficient (Wildman–Crippen LogP) is 2.98. The van der Waals surface area contributed by atoms with Gasteiger partial charge in [0.25, 0.3) is 0 Å². The molecule has 4 heteroatoms. The van der Waals surface area contributed by atoms with Gasteiger partial charge in [0.1, 0.15) is 5.82 Å². The van der Waals surface area contributed by atoms with Gasteiger partial charge in [-0.25, -0.2) is 9.97 Å². The molecule has 2 rings (SSSR count). The van der Waals surface area contributed by atoms with Crippen molar-refractivity contribution in [3.8, 4) is 0 Å². The van der Waals surface area contributed by atoms with Gasteiger partial charge in [-0.2, -0.15) is 0 Å². The molecule has 0 saturated heterocycles. The summed E-state index contributed by atoms with van der Waals surface area (Å²) in [7, 11) is 1.91. The Labute approximate surface area is 103 Å². The average molecular weight is 280 g/mol. The van der Waals surface area contributed by atoms with Crippen LogP contribution in [-0.2, 0) is 0 Å². The van der Waals surface area contributed by atoms with Crippen molar-refractivity contribution >= 4 is 26.8 Å². The van der Waals surface area contributed by atoms with Crippen molar-refractivity contribution in [1.29, 1.82) is 0 Å². The van der Waals surface area contributed by atoms with E-state index in [2.05, 4.69) is 38.1 Å². The molecule has 0 aliphatic carbocycles. The number of nitrogens with one attached hydrogen (secondary N) is 1. The first-order valence-corrected chi connectivity index (χ1v) is 6.03. The molecule has 0 aliphatic rings. The molecule has 1 heterocycles. The number of aromatic nitrogens is 2. The molecular formula is C12H14BrN3. The van der Waals surface area contributed by atoms with E-state index in [0.717, 1.165) is 26.9 Å². The number of aryl methyl sites for hydroxylation is 1. The molecule has 1 unspecified atom stereocenters. The fraction of sp³-hybridized carbons (Fsp3) is 0.333. The number of hydrogen-bond donors (Lipinski definition) is 1. The summed E-state index contributed by atoms with van der Waals surface area (Å²) >= 11 is 3.53. The topological polar surface area (TPSA) is 37.8 Å². The smallest absolute Gasteiger partial charge is 0.145 e. The van der Waals surface area contributed by atoms with Crippen LogP contribution < -0.4 is 5.32 Å². The van der Waals surface area contributed by atoms with E-state index < -0.39 is 0 Å². The highest BCUT2D eigenvalue weighted by atomic mass is 79.9. The molecule has 0 spiro atoms. The predicted molar refractivity (Wildman–Crippen MR) is 69.4 cm³/mol. The molecule has 1 N–H and O–H groups in total. The zero-order valence-electron chi connectivity index (χ0n) is 9.58. The number of nitrogens with zero attached hydrogens (tertiary/aromatic N) is 2. The van der Waals surface area contributed by atoms with Crippen LogP contribution in [0.4, 0.5) is 0 Å². The van der Waals surface area contributed by atoms with Gasteiger partial charge in [-0.05, 0) is 42.9 Å². The minimum absolute atomic E-state index is 0.162. The summed E-state index contributed by atoms with van der Waals surface area (Å²) < 4.78 is 1.01. The maximum Gasteiger partial charge on any atom is 0.145 e. The van der Waals surface area contributed by atoms with Crippen molar-refractivity contribution in [2.75, 3.05) is 7.05 Å². The molecule has 3 nitrogen and oxygen atoms in total. The highest BCUT2D eigenvalue weighted by molar-refractivity contribution is 9.10. The minimum atomic E-state index is 0.162. The summed E-state index contributed by atoms with van der Waals surface area (Å²) in [5, 5.41) is 4.25. The molecule has 0 bridgehead atoms. The molecule has 1 atom stereocenters. The summed E-state index contributed by atoms with van der Waals surface area (Å²) in [6.45, 7) is 4.07. The van der Waals surface area contributed by atoms with Crippen LogP contribution in [0.2, 0.25) is 0 Å². The Kier molecular flexibility index (Phi) is 3.21. The van der Waals surface area contributed by atoms with Crippen molar-refractivity contribution in [2.24, 2.45) is 0 Å². The van der Waals surface area contributed by atoms with Crippen LogP contribution >= 0.6 is 15.9 Å². The van der Waals surface area contributed by atoms with Crippen molar-refractivity contribution in [2.45, 2.75) is 19.9 Å². The maximum atomic E-state index is 4.59. The molecule has 84 valence electrons. The fourth-order valence-corrected chi connectivity index (χ4v) is 2.07. The zero-order valence-corrected chi connectivity index (χ0v) is 11.2. The summed E-state index contributed by atoms with van der Waals surface area (Å²) in [5.41, 5.74) is 2.00. The Morgan fingerprint density at radius 2 is 2.06 bits per heavy atom. The second-order valence-electron chi connectivity index (χ2n) is 3.81. The van der Waals surface area contributed by atoms with Crippen LogP contribution in [-0.4, -0.2) is 17.0 Å². The fourth-order valence-electron chi connectivity index (χ4n) is 1.62. The van der Waals surface area contributed by atoms with E-state index in [1.54, 1.807) is 0 Å². The largest absolute Gasteiger partial charge is 0.311 e. The molecule has 0 amide bonds. The number of benzene rings is 1. The van der Waals surface area contributed by atoms with E-state index in [1.165, 1.54) is 0 Å². The van der Waals surface area contributed by atoms with Crippen LogP contribution in [0.5, 0.6) is 0 Å². The van der Waals surface area contributed by atoms with E-state index in [4.69, 9.17) is 0 Å². The van der Waals surface area contributed by atoms with Crippen LogP contribution in [0, 0.1) is 6.92 Å². The van der Waals surface area contributed by atoms with Gasteiger partial charge in [-0.1, -0.05) is 12.1 Å². The lowest BCUT2D eigenvalue weighted by Crippen LogP contribution is -2.16. The van der Waals surface area contributed by atoms with Gasteiger partial charge in [0.05, 0.1) is 11.6 Å². The maximum absolute atomic E-state index is 4.59. The second-order valence-corrected chi connectivity index (χ2v) is 4.67. The van der Waals surface area contributed by atoms with E-state index in [0.29, 0.717) is 0 Å². The molecule has 0 radical (unpaired) electrons. The molecular weight excluding hydrogens is 266 g/mol. The number of rotatable bonds is 2. The number of fused-ring (bicyclic) bond motifs is 1. The van der Waals surface area contributed by atoms with E-state index in [1.807, 2.05) is 32.2 Å². The van der Waals surface area contributed by atoms with Crippen LogP contribution in [0.1, 0.15) is 24.5 Å². The van der Waals surface area contributed by atoms with Gasteiger partial charge in [-0.15, -0.1) is 0 Å². The molecule has 0 aliphatic heterocycles. The zero-order chi connectivity index (χ0) is 11.7. The van der Waals surface area contributed by atoms with Gasteiger partial charge < -0.3 is 5.32 Å². The first-order valence-electron chi connectivity index (χ1n) is 5.23. The van der Waals surface area contributed by atoms with Gasteiger partial charge >= 0.3 is 0 Å². The third-order valence-corrected chi connectivity index (χ3v) is 3.35. The third kappa shape index (κ3) is 1.95. The Morgan fingerprint density at radius 1 is 1.31 bits per heavy atom. The summed E-state index contributed by atoms with van der Waals surface area (Å²) in [4.78, 5) is 9.10. The average Bonchev–Trinajstić information content (AvgIpc) is 2.29. The lowest BCUT2D eigenvalue weighted by atomic mass is 10.2. The van der Waals surface area contributed by atoms with Gasteiger partial charge in [0.2, 0.25) is 0 Å². The highest BCUT2D eigenvalue weighted by Crippen LogP contribution is 2.24.